The van der Waals surface area contributed by atoms with Crippen LogP contribution in [-0.4, -0.2) is 36.9 Å². The smallest absolute Gasteiger partial charge is 0.408 e. The van der Waals surface area contributed by atoms with Crippen molar-refractivity contribution in [3.05, 3.63) is 29.3 Å². The van der Waals surface area contributed by atoms with E-state index in [1.807, 2.05) is 32.9 Å². The van der Waals surface area contributed by atoms with Crippen LogP contribution in [0.4, 0.5) is 4.79 Å². The van der Waals surface area contributed by atoms with Crippen LogP contribution in [-0.2, 0) is 15.9 Å². The standard InChI is InChI=1S/C20H29NO5/c1-12(2)10-14(21-19(23)26-20(3,4)5)16-11-13-8-7-9-15(24-6)17(13)18(22)25-16/h7-9,12,14,16H,10-11H2,1-6H3,(H,21,23)/t14-,16-/m0/s1. The molecule has 0 bridgehead atoms. The molecule has 6 nitrogen and oxygen atoms in total. The lowest BCUT2D eigenvalue weighted by Gasteiger charge is -2.33. The quantitative estimate of drug-likeness (QED) is 0.807. The Morgan fingerprint density at radius 3 is 2.62 bits per heavy atom. The second-order valence-electron chi connectivity index (χ2n) is 8.02. The van der Waals surface area contributed by atoms with Crippen molar-refractivity contribution in [2.45, 2.75) is 65.2 Å². The van der Waals surface area contributed by atoms with E-state index in [2.05, 4.69) is 19.2 Å². The van der Waals surface area contributed by atoms with E-state index in [9.17, 15) is 9.59 Å². The number of rotatable bonds is 5. The Morgan fingerprint density at radius 2 is 2.04 bits per heavy atom. The zero-order valence-corrected chi connectivity index (χ0v) is 16.4. The lowest BCUT2D eigenvalue weighted by molar-refractivity contribution is 0.00699. The Morgan fingerprint density at radius 1 is 1.35 bits per heavy atom. The van der Waals surface area contributed by atoms with E-state index in [1.54, 1.807) is 6.07 Å². The number of hydrogen-bond donors (Lipinski definition) is 1. The van der Waals surface area contributed by atoms with Crippen LogP contribution < -0.4 is 10.1 Å². The third-order valence-electron chi connectivity index (χ3n) is 4.09. The largest absolute Gasteiger partial charge is 0.496 e. The molecule has 1 amide bonds. The summed E-state index contributed by atoms with van der Waals surface area (Å²) in [5.41, 5.74) is 0.743. The molecule has 0 aliphatic carbocycles. The predicted molar refractivity (Wildman–Crippen MR) is 98.5 cm³/mol. The van der Waals surface area contributed by atoms with Gasteiger partial charge < -0.3 is 19.5 Å². The first-order valence-electron chi connectivity index (χ1n) is 8.97. The minimum Gasteiger partial charge on any atom is -0.496 e. The number of carbonyl (C=O) groups is 2. The van der Waals surface area contributed by atoms with Crippen LogP contribution in [0, 0.1) is 5.92 Å². The van der Waals surface area contributed by atoms with Crippen LogP contribution in [0.3, 0.4) is 0 Å². The number of fused-ring (bicyclic) bond motifs is 1. The molecule has 0 unspecified atom stereocenters. The van der Waals surface area contributed by atoms with Crippen molar-refractivity contribution in [2.24, 2.45) is 5.92 Å². The zero-order chi connectivity index (χ0) is 19.5. The van der Waals surface area contributed by atoms with Crippen LogP contribution in [0.15, 0.2) is 18.2 Å². The lowest BCUT2D eigenvalue weighted by Crippen LogP contribution is -2.49. The van der Waals surface area contributed by atoms with Crippen molar-refractivity contribution in [3.8, 4) is 5.75 Å². The number of benzene rings is 1. The molecule has 1 aromatic carbocycles. The number of amides is 1. The van der Waals surface area contributed by atoms with Crippen molar-refractivity contribution in [1.82, 2.24) is 5.32 Å². The molecular formula is C20H29NO5. The number of nitrogens with one attached hydrogen (secondary N) is 1. The van der Waals surface area contributed by atoms with E-state index in [0.29, 0.717) is 30.1 Å². The van der Waals surface area contributed by atoms with Crippen molar-refractivity contribution in [3.63, 3.8) is 0 Å². The number of hydrogen-bond acceptors (Lipinski definition) is 5. The van der Waals surface area contributed by atoms with Crippen molar-refractivity contribution < 1.29 is 23.8 Å². The van der Waals surface area contributed by atoms with E-state index < -0.39 is 23.8 Å². The zero-order valence-electron chi connectivity index (χ0n) is 16.4. The van der Waals surface area contributed by atoms with E-state index >= 15 is 0 Å². The molecule has 2 atom stereocenters. The van der Waals surface area contributed by atoms with Crippen molar-refractivity contribution in [1.29, 1.82) is 0 Å². The number of esters is 1. The summed E-state index contributed by atoms with van der Waals surface area (Å²) in [7, 11) is 1.53. The van der Waals surface area contributed by atoms with Crippen LogP contribution in [0.5, 0.6) is 5.75 Å². The van der Waals surface area contributed by atoms with Crippen LogP contribution in [0.1, 0.15) is 57.0 Å². The van der Waals surface area contributed by atoms with E-state index in [0.717, 1.165) is 5.56 Å². The molecule has 1 heterocycles. The maximum absolute atomic E-state index is 12.5. The lowest BCUT2D eigenvalue weighted by atomic mass is 9.90. The molecule has 0 aromatic heterocycles. The third-order valence-corrected chi connectivity index (χ3v) is 4.09. The summed E-state index contributed by atoms with van der Waals surface area (Å²) in [5, 5.41) is 2.88. The summed E-state index contributed by atoms with van der Waals surface area (Å²) in [5.74, 6) is 0.403. The van der Waals surface area contributed by atoms with E-state index in [-0.39, 0.29) is 6.04 Å². The Hall–Kier alpha value is -2.24. The van der Waals surface area contributed by atoms with Gasteiger partial charge in [-0.15, -0.1) is 0 Å². The molecule has 1 aliphatic rings. The van der Waals surface area contributed by atoms with Gasteiger partial charge in [0.05, 0.1) is 13.2 Å². The summed E-state index contributed by atoms with van der Waals surface area (Å²) < 4.78 is 16.3. The maximum Gasteiger partial charge on any atom is 0.408 e. The van der Waals surface area contributed by atoms with Gasteiger partial charge >= 0.3 is 12.1 Å². The van der Waals surface area contributed by atoms with Gasteiger partial charge in [0.2, 0.25) is 0 Å². The highest BCUT2D eigenvalue weighted by Crippen LogP contribution is 2.31. The molecule has 0 radical (unpaired) electrons. The summed E-state index contributed by atoms with van der Waals surface area (Å²) in [6.07, 6.45) is 0.245. The number of alkyl carbamates (subject to hydrolysis) is 1. The molecule has 26 heavy (non-hydrogen) atoms. The van der Waals surface area contributed by atoms with Gasteiger partial charge in [-0.05, 0) is 44.7 Å². The fourth-order valence-electron chi connectivity index (χ4n) is 3.10. The highest BCUT2D eigenvalue weighted by molar-refractivity contribution is 5.95. The molecule has 1 N–H and O–H groups in total. The minimum absolute atomic E-state index is 0.320. The van der Waals surface area contributed by atoms with E-state index in [4.69, 9.17) is 14.2 Å². The Labute approximate surface area is 155 Å². The highest BCUT2D eigenvalue weighted by Gasteiger charge is 2.35. The Balaban J connectivity index is 2.21. The third kappa shape index (κ3) is 5.13. The molecule has 0 saturated carbocycles. The van der Waals surface area contributed by atoms with Gasteiger partial charge in [-0.2, -0.15) is 0 Å². The molecular weight excluding hydrogens is 334 g/mol. The second-order valence-corrected chi connectivity index (χ2v) is 8.02. The van der Waals surface area contributed by atoms with Gasteiger partial charge in [-0.3, -0.25) is 0 Å². The van der Waals surface area contributed by atoms with Crippen LogP contribution in [0.25, 0.3) is 0 Å². The number of cyclic esters (lactones) is 1. The van der Waals surface area contributed by atoms with Gasteiger partial charge in [0, 0.05) is 6.42 Å². The van der Waals surface area contributed by atoms with Gasteiger partial charge in [-0.25, -0.2) is 9.59 Å². The molecule has 144 valence electrons. The summed E-state index contributed by atoms with van der Waals surface area (Å²) in [4.78, 5) is 24.8. The monoisotopic (exact) mass is 363 g/mol. The SMILES string of the molecule is COc1cccc2c1C(=O)O[C@H]([C@H](CC(C)C)NC(=O)OC(C)(C)C)C2. The summed E-state index contributed by atoms with van der Waals surface area (Å²) >= 11 is 0. The van der Waals surface area contributed by atoms with Crippen LogP contribution in [0.2, 0.25) is 0 Å². The fourth-order valence-corrected chi connectivity index (χ4v) is 3.10. The maximum atomic E-state index is 12.5. The second kappa shape index (κ2) is 7.98. The molecule has 0 fully saturated rings. The molecule has 1 aromatic rings. The predicted octanol–water partition coefficient (Wildman–Crippen LogP) is 3.72. The summed E-state index contributed by atoms with van der Waals surface area (Å²) in [6, 6.07) is 5.16. The average molecular weight is 363 g/mol. The molecule has 1 aliphatic heterocycles. The first-order chi connectivity index (χ1) is 12.1. The van der Waals surface area contributed by atoms with Gasteiger partial charge in [-0.1, -0.05) is 26.0 Å². The molecule has 2 rings (SSSR count). The van der Waals surface area contributed by atoms with Crippen molar-refractivity contribution >= 4 is 12.1 Å². The van der Waals surface area contributed by atoms with Gasteiger partial charge in [0.25, 0.3) is 0 Å². The highest BCUT2D eigenvalue weighted by atomic mass is 16.6. The molecule has 6 heteroatoms. The fraction of sp³-hybridized carbons (Fsp3) is 0.600. The van der Waals surface area contributed by atoms with Crippen molar-refractivity contribution in [2.75, 3.05) is 7.11 Å². The first kappa shape index (κ1) is 20.1. The molecule has 0 saturated heterocycles. The number of carbonyl (C=O) groups excluding carboxylic acids is 2. The number of methoxy groups -OCH3 is 1. The Kier molecular flexibility index (Phi) is 6.16. The number of ether oxygens (including phenoxy) is 3. The minimum atomic E-state index is -0.588. The topological polar surface area (TPSA) is 73.9 Å². The molecule has 0 spiro atoms. The Bertz CT molecular complexity index is 663. The normalized spacial score (nSPS) is 18.0. The summed E-state index contributed by atoms with van der Waals surface area (Å²) in [6.45, 7) is 9.56. The van der Waals surface area contributed by atoms with E-state index in [1.165, 1.54) is 7.11 Å². The van der Waals surface area contributed by atoms with Gasteiger partial charge in [0.1, 0.15) is 23.0 Å². The average Bonchev–Trinajstić information content (AvgIpc) is 2.51. The first-order valence-corrected chi connectivity index (χ1v) is 8.97. The van der Waals surface area contributed by atoms with Gasteiger partial charge in [0.15, 0.2) is 0 Å². The van der Waals surface area contributed by atoms with Crippen LogP contribution >= 0.6 is 0 Å².